The summed E-state index contributed by atoms with van der Waals surface area (Å²) in [7, 11) is 7.19. The zero-order valence-corrected chi connectivity index (χ0v) is 20.0. The number of methoxy groups -OCH3 is 3. The van der Waals surface area contributed by atoms with E-state index in [1.165, 1.54) is 31.5 Å². The van der Waals surface area contributed by atoms with Gasteiger partial charge in [-0.15, -0.1) is 0 Å². The van der Waals surface area contributed by atoms with Crippen LogP contribution < -0.4 is 14.2 Å². The van der Waals surface area contributed by atoms with Crippen LogP contribution >= 0.6 is 11.6 Å². The second-order valence-electron chi connectivity index (χ2n) is 8.38. The second-order valence-corrected chi connectivity index (χ2v) is 8.81. The van der Waals surface area contributed by atoms with E-state index in [4.69, 9.17) is 25.8 Å². The number of piperidine rings is 1. The lowest BCUT2D eigenvalue weighted by Crippen LogP contribution is -2.38. The fraction of sp³-hybridized carbons (Fsp3) is 0.520. The first-order valence-corrected chi connectivity index (χ1v) is 11.3. The van der Waals surface area contributed by atoms with Crippen molar-refractivity contribution in [1.29, 1.82) is 0 Å². The molecule has 0 aliphatic carbocycles. The van der Waals surface area contributed by atoms with Crippen LogP contribution in [0.1, 0.15) is 24.0 Å². The van der Waals surface area contributed by atoms with Crippen molar-refractivity contribution >= 4 is 11.6 Å². The number of halogens is 1. The largest absolute Gasteiger partial charge is 0.496 e. The maximum atomic E-state index is 5.98. The molecule has 1 aliphatic heterocycles. The first-order valence-electron chi connectivity index (χ1n) is 11.0. The van der Waals surface area contributed by atoms with Crippen LogP contribution in [0.25, 0.3) is 0 Å². The van der Waals surface area contributed by atoms with E-state index in [1.54, 1.807) is 21.3 Å². The third-order valence-electron chi connectivity index (χ3n) is 6.13. The van der Waals surface area contributed by atoms with Gasteiger partial charge >= 0.3 is 0 Å². The second kappa shape index (κ2) is 11.6. The highest BCUT2D eigenvalue weighted by molar-refractivity contribution is 6.30. The predicted octanol–water partition coefficient (Wildman–Crippen LogP) is 4.75. The van der Waals surface area contributed by atoms with Gasteiger partial charge in [0.25, 0.3) is 0 Å². The quantitative estimate of drug-likeness (QED) is 0.526. The summed E-state index contributed by atoms with van der Waals surface area (Å²) in [6, 6.07) is 12.1. The number of rotatable bonds is 10. The van der Waals surface area contributed by atoms with Crippen LogP contribution in [0, 0.1) is 5.92 Å². The lowest BCUT2D eigenvalue weighted by molar-refractivity contribution is 0.153. The van der Waals surface area contributed by atoms with E-state index < -0.39 is 0 Å². The van der Waals surface area contributed by atoms with E-state index in [2.05, 4.69) is 29.0 Å². The third-order valence-corrected chi connectivity index (χ3v) is 6.39. The molecule has 1 aliphatic rings. The molecule has 1 heterocycles. The summed E-state index contributed by atoms with van der Waals surface area (Å²) in [5.41, 5.74) is 2.47. The highest BCUT2D eigenvalue weighted by Crippen LogP contribution is 2.35. The topological polar surface area (TPSA) is 34.2 Å². The number of nitrogens with zero attached hydrogens (tertiary/aromatic N) is 2. The molecule has 31 heavy (non-hydrogen) atoms. The van der Waals surface area contributed by atoms with E-state index in [9.17, 15) is 0 Å². The fourth-order valence-corrected chi connectivity index (χ4v) is 4.47. The van der Waals surface area contributed by atoms with Crippen molar-refractivity contribution in [2.45, 2.75) is 25.8 Å². The Morgan fingerprint density at radius 3 is 2.16 bits per heavy atom. The van der Waals surface area contributed by atoms with E-state index in [-0.39, 0.29) is 0 Å². The van der Waals surface area contributed by atoms with Crippen LogP contribution in [0.2, 0.25) is 5.02 Å². The van der Waals surface area contributed by atoms with Crippen molar-refractivity contribution < 1.29 is 14.2 Å². The third kappa shape index (κ3) is 6.76. The van der Waals surface area contributed by atoms with E-state index >= 15 is 0 Å². The first-order chi connectivity index (χ1) is 15.0. The lowest BCUT2D eigenvalue weighted by Gasteiger charge is -2.34. The fourth-order valence-electron chi connectivity index (χ4n) is 4.34. The Morgan fingerprint density at radius 2 is 1.55 bits per heavy atom. The zero-order chi connectivity index (χ0) is 22.2. The van der Waals surface area contributed by atoms with Gasteiger partial charge < -0.3 is 24.0 Å². The SMILES string of the molecule is COc1cc(OC)c(OC)cc1CN(C)CC1CCN(CCc2ccc(Cl)cc2)CC1. The minimum Gasteiger partial charge on any atom is -0.496 e. The molecule has 1 saturated heterocycles. The molecule has 0 N–H and O–H groups in total. The molecule has 0 saturated carbocycles. The Morgan fingerprint density at radius 1 is 0.935 bits per heavy atom. The van der Waals surface area contributed by atoms with Crippen LogP contribution in [0.15, 0.2) is 36.4 Å². The first kappa shape index (κ1) is 23.7. The van der Waals surface area contributed by atoms with Gasteiger partial charge in [0.15, 0.2) is 11.5 Å². The molecule has 0 atom stereocenters. The minimum atomic E-state index is 0.691. The average molecular weight is 447 g/mol. The number of hydrogen-bond acceptors (Lipinski definition) is 5. The zero-order valence-electron chi connectivity index (χ0n) is 19.2. The molecule has 2 aromatic carbocycles. The Kier molecular flexibility index (Phi) is 8.88. The molecule has 170 valence electrons. The summed E-state index contributed by atoms with van der Waals surface area (Å²) in [5.74, 6) is 2.99. The minimum absolute atomic E-state index is 0.691. The molecular weight excluding hydrogens is 412 g/mol. The molecule has 6 heteroatoms. The van der Waals surface area contributed by atoms with Crippen molar-refractivity contribution in [2.75, 3.05) is 54.6 Å². The molecular formula is C25H35ClN2O3. The molecule has 1 fully saturated rings. The molecule has 0 spiro atoms. The van der Waals surface area contributed by atoms with Crippen molar-refractivity contribution in [3.05, 3.63) is 52.5 Å². The normalized spacial score (nSPS) is 15.3. The van der Waals surface area contributed by atoms with Gasteiger partial charge in [-0.3, -0.25) is 0 Å². The van der Waals surface area contributed by atoms with Gasteiger partial charge in [0.2, 0.25) is 0 Å². The summed E-state index contributed by atoms with van der Waals surface area (Å²) < 4.78 is 16.4. The summed E-state index contributed by atoms with van der Waals surface area (Å²) in [4.78, 5) is 4.97. The monoisotopic (exact) mass is 446 g/mol. The average Bonchev–Trinajstić information content (AvgIpc) is 2.79. The number of likely N-dealkylation sites (tertiary alicyclic amines) is 1. The van der Waals surface area contributed by atoms with Gasteiger partial charge in [0.05, 0.1) is 21.3 Å². The van der Waals surface area contributed by atoms with Crippen molar-refractivity contribution in [2.24, 2.45) is 5.92 Å². The van der Waals surface area contributed by atoms with Crippen molar-refractivity contribution in [3.63, 3.8) is 0 Å². The van der Waals surface area contributed by atoms with Crippen LogP contribution in [0.4, 0.5) is 0 Å². The molecule has 0 bridgehead atoms. The van der Waals surface area contributed by atoms with Crippen molar-refractivity contribution in [3.8, 4) is 17.2 Å². The van der Waals surface area contributed by atoms with Gasteiger partial charge in [-0.25, -0.2) is 0 Å². The highest BCUT2D eigenvalue weighted by atomic mass is 35.5. The Balaban J connectivity index is 1.46. The molecule has 0 aromatic heterocycles. The Hall–Kier alpha value is -1.95. The van der Waals surface area contributed by atoms with Gasteiger partial charge in [-0.05, 0) is 69.1 Å². The summed E-state index contributed by atoms with van der Waals surface area (Å²) in [6.07, 6.45) is 3.57. The van der Waals surface area contributed by atoms with Gasteiger partial charge in [0, 0.05) is 36.3 Å². The summed E-state index contributed by atoms with van der Waals surface area (Å²) in [5, 5.41) is 0.805. The van der Waals surface area contributed by atoms with Gasteiger partial charge in [-0.1, -0.05) is 23.7 Å². The molecule has 3 rings (SSSR count). The lowest BCUT2D eigenvalue weighted by atomic mass is 9.95. The number of ether oxygens (including phenoxy) is 3. The number of benzene rings is 2. The van der Waals surface area contributed by atoms with Crippen LogP contribution in [-0.4, -0.2) is 64.4 Å². The van der Waals surface area contributed by atoms with Gasteiger partial charge in [0.1, 0.15) is 5.75 Å². The van der Waals surface area contributed by atoms with Crippen LogP contribution in [0.3, 0.4) is 0 Å². The maximum Gasteiger partial charge on any atom is 0.164 e. The van der Waals surface area contributed by atoms with Crippen LogP contribution in [-0.2, 0) is 13.0 Å². The maximum absolute atomic E-state index is 5.98. The molecule has 0 radical (unpaired) electrons. The van der Waals surface area contributed by atoms with E-state index in [0.29, 0.717) is 5.75 Å². The van der Waals surface area contributed by atoms with E-state index in [0.717, 1.165) is 54.1 Å². The highest BCUT2D eigenvalue weighted by Gasteiger charge is 2.21. The molecule has 2 aromatic rings. The Labute approximate surface area is 191 Å². The van der Waals surface area contributed by atoms with E-state index in [1.807, 2.05) is 24.3 Å². The summed E-state index contributed by atoms with van der Waals surface area (Å²) in [6.45, 7) is 5.37. The Bertz CT molecular complexity index is 820. The van der Waals surface area contributed by atoms with Gasteiger partial charge in [-0.2, -0.15) is 0 Å². The predicted molar refractivity (Wildman–Crippen MR) is 127 cm³/mol. The van der Waals surface area contributed by atoms with Crippen LogP contribution in [0.5, 0.6) is 17.2 Å². The summed E-state index contributed by atoms with van der Waals surface area (Å²) >= 11 is 5.98. The number of hydrogen-bond donors (Lipinski definition) is 0. The smallest absolute Gasteiger partial charge is 0.164 e. The molecule has 0 amide bonds. The molecule has 0 unspecified atom stereocenters. The van der Waals surface area contributed by atoms with Crippen molar-refractivity contribution in [1.82, 2.24) is 9.80 Å². The standard InChI is InChI=1S/C25H35ClN2O3/c1-27(18-21-15-24(30-3)25(31-4)16-23(21)29-2)17-20-10-13-28(14-11-20)12-9-19-5-7-22(26)8-6-19/h5-8,15-16,20H,9-14,17-18H2,1-4H3. The molecule has 5 nitrogen and oxygen atoms in total.